The van der Waals surface area contributed by atoms with Gasteiger partial charge < -0.3 is 33.3 Å². The first-order valence-electron chi connectivity index (χ1n) is 36.6. The number of hydrogen-bond donors (Lipinski definition) is 0. The second kappa shape index (κ2) is 70.8. The lowest BCUT2D eigenvalue weighted by Crippen LogP contribution is -2.44. The molecule has 9 nitrogen and oxygen atoms in total. The Kier molecular flexibility index (Phi) is 66.8. The minimum absolute atomic E-state index is 0.132. The quantitative estimate of drug-likeness (QED) is 0.0195. The zero-order valence-corrected chi connectivity index (χ0v) is 58.9. The Morgan fingerprint density at radius 1 is 0.341 bits per heavy atom. The van der Waals surface area contributed by atoms with Crippen LogP contribution in [0.1, 0.15) is 284 Å². The van der Waals surface area contributed by atoms with Gasteiger partial charge in [-0.1, -0.05) is 300 Å². The minimum atomic E-state index is -1.64. The van der Waals surface area contributed by atoms with Gasteiger partial charge in [0.15, 0.2) is 12.4 Å². The number of carbonyl (C=O) groups is 3. The van der Waals surface area contributed by atoms with Gasteiger partial charge in [-0.05, 0) is 128 Å². The maximum absolute atomic E-state index is 12.9. The number of aliphatic carboxylic acids is 1. The molecule has 0 aliphatic heterocycles. The van der Waals surface area contributed by atoms with Crippen molar-refractivity contribution >= 4 is 17.9 Å². The first kappa shape index (κ1) is 85.9. The number of quaternary nitrogens is 1. The lowest BCUT2D eigenvalue weighted by molar-refractivity contribution is -0.870. The minimum Gasteiger partial charge on any atom is -0.545 e. The smallest absolute Gasteiger partial charge is 0.306 e. The lowest BCUT2D eigenvalue weighted by Gasteiger charge is -2.26. The number of carboxylic acid groups (broad SMARTS) is 1. The van der Waals surface area contributed by atoms with E-state index in [1.807, 2.05) is 21.1 Å². The topological polar surface area (TPSA) is 111 Å². The molecule has 0 N–H and O–H groups in total. The fourth-order valence-corrected chi connectivity index (χ4v) is 9.69. The predicted molar refractivity (Wildman–Crippen MR) is 389 cm³/mol. The van der Waals surface area contributed by atoms with Crippen LogP contribution in [0.3, 0.4) is 0 Å². The van der Waals surface area contributed by atoms with Gasteiger partial charge in [-0.3, -0.25) is 9.59 Å². The third-order valence-corrected chi connectivity index (χ3v) is 15.3. The van der Waals surface area contributed by atoms with Crippen molar-refractivity contribution < 1.29 is 42.9 Å². The second-order valence-corrected chi connectivity index (χ2v) is 25.1. The summed E-state index contributed by atoms with van der Waals surface area (Å²) in [7, 11) is 5.91. The Labute approximate surface area is 559 Å². The van der Waals surface area contributed by atoms with Crippen molar-refractivity contribution in [1.29, 1.82) is 0 Å². The Morgan fingerprint density at radius 2 is 0.626 bits per heavy atom. The summed E-state index contributed by atoms with van der Waals surface area (Å²) in [6.07, 6.45) is 102. The number of carboxylic acids is 1. The summed E-state index contributed by atoms with van der Waals surface area (Å²) in [6.45, 7) is 4.59. The molecule has 0 spiro atoms. The summed E-state index contributed by atoms with van der Waals surface area (Å²) in [5.74, 6) is -2.35. The molecule has 0 rings (SSSR count). The summed E-state index contributed by atoms with van der Waals surface area (Å²) >= 11 is 0. The van der Waals surface area contributed by atoms with E-state index in [-0.39, 0.29) is 38.6 Å². The van der Waals surface area contributed by atoms with Crippen LogP contribution in [0.15, 0.2) is 158 Å². The van der Waals surface area contributed by atoms with E-state index in [0.29, 0.717) is 17.4 Å². The molecule has 0 aliphatic carbocycles. The van der Waals surface area contributed by atoms with Gasteiger partial charge in [0.2, 0.25) is 0 Å². The SMILES string of the molecule is CC/C=C\C/C=C\C/C=C\C/C=C\C/C=C\C/C=C\C/C=C\C/C=C\C/C=C\C/C=C\C/C=C\C/C=C\CCCCC(=O)OC(COC(=O)CCCCCCCCCCCCCCCCC/C=C\CCCCCCCCCC)COC(OCC[N+](C)(C)C)C(=O)[O-]. The van der Waals surface area contributed by atoms with E-state index in [1.54, 1.807) is 0 Å². The van der Waals surface area contributed by atoms with Gasteiger partial charge in [-0.2, -0.15) is 0 Å². The van der Waals surface area contributed by atoms with Crippen LogP contribution in [0.5, 0.6) is 0 Å². The molecule has 9 heteroatoms. The van der Waals surface area contributed by atoms with Crippen LogP contribution in [-0.4, -0.2) is 82.3 Å². The Morgan fingerprint density at radius 3 is 0.967 bits per heavy atom. The second-order valence-electron chi connectivity index (χ2n) is 25.1. The van der Waals surface area contributed by atoms with Crippen molar-refractivity contribution in [3.8, 4) is 0 Å². The third kappa shape index (κ3) is 72.2. The summed E-state index contributed by atoms with van der Waals surface area (Å²) in [5, 5.41) is 11.8. The zero-order chi connectivity index (χ0) is 66.1. The average Bonchev–Trinajstić information content (AvgIpc) is 3.46. The first-order valence-corrected chi connectivity index (χ1v) is 36.6. The molecule has 2 unspecified atom stereocenters. The van der Waals surface area contributed by atoms with Gasteiger partial charge in [-0.25, -0.2) is 0 Å². The highest BCUT2D eigenvalue weighted by Gasteiger charge is 2.22. The van der Waals surface area contributed by atoms with Crippen LogP contribution >= 0.6 is 0 Å². The zero-order valence-electron chi connectivity index (χ0n) is 58.9. The summed E-state index contributed by atoms with van der Waals surface area (Å²) in [4.78, 5) is 37.5. The summed E-state index contributed by atoms with van der Waals surface area (Å²) in [6, 6.07) is 0. The maximum atomic E-state index is 12.9. The van der Waals surface area contributed by atoms with Crippen LogP contribution in [0.4, 0.5) is 0 Å². The Bertz CT molecular complexity index is 2060. The van der Waals surface area contributed by atoms with E-state index in [2.05, 4.69) is 172 Å². The molecule has 0 bridgehead atoms. The van der Waals surface area contributed by atoms with E-state index in [4.69, 9.17) is 18.9 Å². The maximum Gasteiger partial charge on any atom is 0.306 e. The fourth-order valence-electron chi connectivity index (χ4n) is 9.69. The molecular weight excluding hydrogens is 1130 g/mol. The number of ether oxygens (including phenoxy) is 4. The van der Waals surface area contributed by atoms with Gasteiger partial charge in [0, 0.05) is 12.8 Å². The van der Waals surface area contributed by atoms with E-state index in [9.17, 15) is 19.5 Å². The van der Waals surface area contributed by atoms with Crippen LogP contribution in [0, 0.1) is 0 Å². The van der Waals surface area contributed by atoms with Crippen molar-refractivity contribution in [2.75, 3.05) is 47.5 Å². The third-order valence-electron chi connectivity index (χ3n) is 15.3. The lowest BCUT2D eigenvalue weighted by atomic mass is 10.0. The highest BCUT2D eigenvalue weighted by Crippen LogP contribution is 2.16. The molecule has 0 aliphatic rings. The highest BCUT2D eigenvalue weighted by atomic mass is 16.7. The molecule has 0 saturated carbocycles. The molecule has 0 heterocycles. The number of carbonyl (C=O) groups excluding carboxylic acids is 3. The van der Waals surface area contributed by atoms with Gasteiger partial charge in [-0.15, -0.1) is 0 Å². The molecular formula is C82H135NO8. The molecule has 0 amide bonds. The Hall–Kier alpha value is -5.09. The highest BCUT2D eigenvalue weighted by molar-refractivity contribution is 5.70. The molecule has 0 aromatic rings. The van der Waals surface area contributed by atoms with E-state index in [1.165, 1.54) is 141 Å². The van der Waals surface area contributed by atoms with Gasteiger partial charge in [0.25, 0.3) is 0 Å². The predicted octanol–water partition coefficient (Wildman–Crippen LogP) is 21.9. The number of nitrogens with zero attached hydrogens (tertiary/aromatic N) is 1. The number of esters is 2. The number of allylic oxidation sites excluding steroid dienone is 26. The fraction of sp³-hybridized carbons (Fsp3) is 0.646. The molecule has 516 valence electrons. The molecule has 91 heavy (non-hydrogen) atoms. The average molecular weight is 1260 g/mol. The molecule has 2 atom stereocenters. The molecule has 0 aromatic heterocycles. The van der Waals surface area contributed by atoms with Crippen molar-refractivity contribution in [3.63, 3.8) is 0 Å². The van der Waals surface area contributed by atoms with Crippen molar-refractivity contribution in [3.05, 3.63) is 158 Å². The summed E-state index contributed by atoms with van der Waals surface area (Å²) in [5.41, 5.74) is 0. The number of hydrogen-bond acceptors (Lipinski definition) is 8. The van der Waals surface area contributed by atoms with Crippen molar-refractivity contribution in [2.24, 2.45) is 0 Å². The van der Waals surface area contributed by atoms with E-state index >= 15 is 0 Å². The van der Waals surface area contributed by atoms with Gasteiger partial charge in [0.05, 0.1) is 40.3 Å². The van der Waals surface area contributed by atoms with Crippen LogP contribution in [0.2, 0.25) is 0 Å². The molecule has 0 saturated heterocycles. The van der Waals surface area contributed by atoms with Crippen LogP contribution in [0.25, 0.3) is 0 Å². The number of likely N-dealkylation sites (N-methyl/N-ethyl adjacent to an activating group) is 1. The van der Waals surface area contributed by atoms with E-state index < -0.39 is 24.3 Å². The molecule has 0 fully saturated rings. The van der Waals surface area contributed by atoms with Gasteiger partial charge >= 0.3 is 11.9 Å². The monoisotopic (exact) mass is 1260 g/mol. The van der Waals surface area contributed by atoms with Crippen molar-refractivity contribution in [1.82, 2.24) is 0 Å². The largest absolute Gasteiger partial charge is 0.545 e. The first-order chi connectivity index (χ1) is 44.6. The molecule has 0 radical (unpaired) electrons. The summed E-state index contributed by atoms with van der Waals surface area (Å²) < 4.78 is 22.7. The molecule has 0 aromatic carbocycles. The van der Waals surface area contributed by atoms with Crippen LogP contribution < -0.4 is 5.11 Å². The normalized spacial score (nSPS) is 13.6. The van der Waals surface area contributed by atoms with E-state index in [0.717, 1.165) is 109 Å². The number of unbranched alkanes of at least 4 members (excludes halogenated alkanes) is 25. The van der Waals surface area contributed by atoms with Gasteiger partial charge in [0.1, 0.15) is 13.2 Å². The number of rotatable bonds is 66. The van der Waals surface area contributed by atoms with Crippen molar-refractivity contribution in [2.45, 2.75) is 296 Å². The van der Waals surface area contributed by atoms with Crippen LogP contribution in [-0.2, 0) is 33.3 Å². The standard InChI is InChI=1S/C82H135NO8/c1-6-8-10-12-14-16-18-20-22-24-26-28-30-32-34-35-36-37-38-39-40-41-42-43-44-45-47-49-51-53-55-57-59-61-63-65-67-69-71-73-80(85)91-78(77-90-82(81(86)87)88-75-74-83(3,4)5)76-89-79(84)72-70-68-66-64-62-60-58-56-54-52-50-48-46-33-31-29-27-25-23-21-19-17-15-13-11-9-7-2/h8,10,14,16,20,22,25-28,32,34,36-37,39-40,42-43,45,47,51,53,57,59,63,65,78,82H,6-7,9,11-13,15,17-19,21,23-24,29-31,33,35,38,41,44,46,48-50,52,54-56,58,60-62,64,66-77H2,1-5H3/b10-8-,16-14-,22-20-,27-25-,28-26-,34-32-,37-36-,40-39-,43-42-,47-45-,53-51-,59-57-,65-63-. The Balaban J connectivity index is 4.24.